The molecule has 0 bridgehead atoms. The molecule has 0 radical (unpaired) electrons. The van der Waals surface area contributed by atoms with Crippen LogP contribution in [0.3, 0.4) is 0 Å². The molecule has 0 amide bonds. The summed E-state index contributed by atoms with van der Waals surface area (Å²) in [5, 5.41) is 4.15. The zero-order valence-corrected chi connectivity index (χ0v) is 18.8. The van der Waals surface area contributed by atoms with Gasteiger partial charge in [0.15, 0.2) is 6.10 Å². The van der Waals surface area contributed by atoms with Crippen molar-refractivity contribution in [2.75, 3.05) is 20.0 Å². The lowest BCUT2D eigenvalue weighted by Crippen LogP contribution is -2.28. The molecule has 0 spiro atoms. The summed E-state index contributed by atoms with van der Waals surface area (Å²) in [5.41, 5.74) is 3.25. The lowest BCUT2D eigenvalue weighted by atomic mass is 10.0. The Bertz CT molecular complexity index is 1000. The predicted octanol–water partition coefficient (Wildman–Crippen LogP) is 3.09. The Morgan fingerprint density at radius 2 is 1.81 bits per heavy atom. The van der Waals surface area contributed by atoms with Crippen molar-refractivity contribution in [2.24, 2.45) is 5.16 Å². The van der Waals surface area contributed by atoms with E-state index >= 15 is 0 Å². The molecule has 0 saturated carbocycles. The van der Waals surface area contributed by atoms with Gasteiger partial charge < -0.3 is 18.5 Å². The first-order valence-corrected chi connectivity index (χ1v) is 11.5. The number of hydrogen-bond donors (Lipinski definition) is 0. The highest BCUT2D eigenvalue weighted by molar-refractivity contribution is 7.86. The SMILES string of the molecule is CCO[C@H](Cc1cccc(/C(C)=N/OCc2ccc(OS(C)(=O)=O)cc2)c1)C(=O)OC. The number of benzene rings is 2. The first-order valence-electron chi connectivity index (χ1n) is 9.65. The van der Waals surface area contributed by atoms with Gasteiger partial charge in [-0.05, 0) is 48.7 Å². The van der Waals surface area contributed by atoms with Crippen molar-refractivity contribution in [1.82, 2.24) is 0 Å². The summed E-state index contributed by atoms with van der Waals surface area (Å²) in [6.45, 7) is 4.27. The number of esters is 1. The molecule has 0 aliphatic carbocycles. The second kappa shape index (κ2) is 11.5. The van der Waals surface area contributed by atoms with E-state index in [4.69, 9.17) is 18.5 Å². The van der Waals surface area contributed by atoms with E-state index in [9.17, 15) is 13.2 Å². The Labute approximate surface area is 182 Å². The number of methoxy groups -OCH3 is 1. The molecule has 2 aromatic rings. The standard InChI is InChI=1S/C22H27NO7S/c1-5-28-21(22(24)27-3)14-18-7-6-8-19(13-18)16(2)23-29-15-17-9-11-20(12-10-17)30-31(4,25)26/h6-13,21H,5,14-15H2,1-4H3/b23-16+/t21-/m1/s1. The van der Waals surface area contributed by atoms with E-state index in [1.54, 1.807) is 24.3 Å². The summed E-state index contributed by atoms with van der Waals surface area (Å²) in [4.78, 5) is 17.3. The molecule has 0 N–H and O–H groups in total. The summed E-state index contributed by atoms with van der Waals surface area (Å²) in [6, 6.07) is 14.1. The highest BCUT2D eigenvalue weighted by atomic mass is 32.2. The van der Waals surface area contributed by atoms with Crippen LogP contribution in [0.5, 0.6) is 5.75 Å². The van der Waals surface area contributed by atoms with Crippen LogP contribution in [0.25, 0.3) is 0 Å². The number of nitrogens with zero attached hydrogens (tertiary/aromatic N) is 1. The van der Waals surface area contributed by atoms with Crippen molar-refractivity contribution in [3.05, 3.63) is 65.2 Å². The van der Waals surface area contributed by atoms with Gasteiger partial charge in [-0.3, -0.25) is 0 Å². The van der Waals surface area contributed by atoms with E-state index in [2.05, 4.69) is 5.16 Å². The number of rotatable bonds is 11. The molecule has 0 aliphatic rings. The fourth-order valence-corrected chi connectivity index (χ4v) is 3.21. The third-order valence-corrected chi connectivity index (χ3v) is 4.70. The summed E-state index contributed by atoms with van der Waals surface area (Å²) < 4.78 is 37.3. The topological polar surface area (TPSA) is 100 Å². The van der Waals surface area contributed by atoms with Crippen molar-refractivity contribution >= 4 is 21.8 Å². The van der Waals surface area contributed by atoms with Gasteiger partial charge in [0.2, 0.25) is 0 Å². The van der Waals surface area contributed by atoms with Gasteiger partial charge in [0.1, 0.15) is 12.4 Å². The van der Waals surface area contributed by atoms with Crippen molar-refractivity contribution < 1.29 is 31.7 Å². The minimum Gasteiger partial charge on any atom is -0.467 e. The van der Waals surface area contributed by atoms with Crippen LogP contribution in [0.2, 0.25) is 0 Å². The molecular weight excluding hydrogens is 422 g/mol. The third-order valence-electron chi connectivity index (χ3n) is 4.20. The van der Waals surface area contributed by atoms with E-state index in [0.29, 0.717) is 18.7 Å². The van der Waals surface area contributed by atoms with Crippen LogP contribution < -0.4 is 4.18 Å². The van der Waals surface area contributed by atoms with E-state index in [-0.39, 0.29) is 12.4 Å². The molecule has 2 aromatic carbocycles. The molecule has 0 fully saturated rings. The van der Waals surface area contributed by atoms with Gasteiger partial charge in [-0.25, -0.2) is 4.79 Å². The zero-order valence-electron chi connectivity index (χ0n) is 18.0. The van der Waals surface area contributed by atoms with Crippen molar-refractivity contribution in [2.45, 2.75) is 33.0 Å². The molecule has 8 nitrogen and oxygen atoms in total. The van der Waals surface area contributed by atoms with Crippen LogP contribution in [0.1, 0.15) is 30.5 Å². The summed E-state index contributed by atoms with van der Waals surface area (Å²) in [6.07, 6.45) is 0.723. The maximum atomic E-state index is 11.9. The van der Waals surface area contributed by atoms with Gasteiger partial charge in [0, 0.05) is 13.0 Å². The molecule has 2 rings (SSSR count). The Balaban J connectivity index is 1.99. The van der Waals surface area contributed by atoms with Crippen LogP contribution in [-0.2, 0) is 42.3 Å². The Hall–Kier alpha value is -2.91. The molecule has 0 unspecified atom stereocenters. The summed E-state index contributed by atoms with van der Waals surface area (Å²) >= 11 is 0. The first-order chi connectivity index (χ1) is 14.7. The fraction of sp³-hybridized carbons (Fsp3) is 0.364. The first kappa shape index (κ1) is 24.4. The number of hydrogen-bond acceptors (Lipinski definition) is 8. The molecule has 9 heteroatoms. The smallest absolute Gasteiger partial charge is 0.335 e. The fourth-order valence-electron chi connectivity index (χ4n) is 2.75. The van der Waals surface area contributed by atoms with Gasteiger partial charge in [0.05, 0.1) is 19.1 Å². The van der Waals surface area contributed by atoms with Crippen molar-refractivity contribution in [1.29, 1.82) is 0 Å². The largest absolute Gasteiger partial charge is 0.467 e. The lowest BCUT2D eigenvalue weighted by Gasteiger charge is -2.15. The number of carbonyl (C=O) groups excluding carboxylic acids is 1. The highest BCUT2D eigenvalue weighted by Crippen LogP contribution is 2.15. The number of ether oxygens (including phenoxy) is 2. The minimum atomic E-state index is -3.56. The molecule has 0 aromatic heterocycles. The average Bonchev–Trinajstić information content (AvgIpc) is 2.73. The van der Waals surface area contributed by atoms with E-state index in [1.807, 2.05) is 38.1 Å². The molecule has 168 valence electrons. The van der Waals surface area contributed by atoms with Crippen LogP contribution in [-0.4, -0.2) is 46.2 Å². The Kier molecular flexibility index (Phi) is 9.02. The van der Waals surface area contributed by atoms with Gasteiger partial charge in [0.25, 0.3) is 0 Å². The zero-order chi connectivity index (χ0) is 22.9. The van der Waals surface area contributed by atoms with Crippen LogP contribution in [0.4, 0.5) is 0 Å². The minimum absolute atomic E-state index is 0.213. The monoisotopic (exact) mass is 449 g/mol. The second-order valence-corrected chi connectivity index (χ2v) is 8.33. The summed E-state index contributed by atoms with van der Waals surface area (Å²) in [7, 11) is -2.22. The van der Waals surface area contributed by atoms with Gasteiger partial charge in [-0.1, -0.05) is 35.5 Å². The number of oxime groups is 1. The van der Waals surface area contributed by atoms with Gasteiger partial charge in [-0.15, -0.1) is 0 Å². The molecule has 0 heterocycles. The van der Waals surface area contributed by atoms with Crippen molar-refractivity contribution in [3.8, 4) is 5.75 Å². The molecular formula is C22H27NO7S. The van der Waals surface area contributed by atoms with Crippen LogP contribution in [0, 0.1) is 0 Å². The normalized spacial score (nSPS) is 12.8. The van der Waals surface area contributed by atoms with Gasteiger partial charge >= 0.3 is 16.1 Å². The van der Waals surface area contributed by atoms with Crippen LogP contribution in [0.15, 0.2) is 53.7 Å². The quantitative estimate of drug-likeness (QED) is 0.225. The maximum absolute atomic E-state index is 11.9. The Morgan fingerprint density at radius 3 is 2.42 bits per heavy atom. The maximum Gasteiger partial charge on any atom is 0.335 e. The predicted molar refractivity (Wildman–Crippen MR) is 116 cm³/mol. The average molecular weight is 450 g/mol. The van der Waals surface area contributed by atoms with E-state index in [0.717, 1.165) is 22.9 Å². The lowest BCUT2D eigenvalue weighted by molar-refractivity contribution is -0.153. The summed E-state index contributed by atoms with van der Waals surface area (Å²) in [5.74, 6) is -0.172. The molecule has 0 aliphatic heterocycles. The van der Waals surface area contributed by atoms with Crippen LogP contribution >= 0.6 is 0 Å². The second-order valence-electron chi connectivity index (χ2n) is 6.75. The van der Waals surface area contributed by atoms with Crippen molar-refractivity contribution in [3.63, 3.8) is 0 Å². The third kappa shape index (κ3) is 8.39. The van der Waals surface area contributed by atoms with E-state index in [1.165, 1.54) is 7.11 Å². The Morgan fingerprint density at radius 1 is 1.10 bits per heavy atom. The molecule has 0 saturated heterocycles. The van der Waals surface area contributed by atoms with Gasteiger partial charge in [-0.2, -0.15) is 8.42 Å². The molecule has 31 heavy (non-hydrogen) atoms. The highest BCUT2D eigenvalue weighted by Gasteiger charge is 2.20. The molecule has 1 atom stereocenters. The number of carbonyl (C=O) groups is 1. The van der Waals surface area contributed by atoms with E-state index < -0.39 is 22.2 Å².